The monoisotopic (exact) mass is 247 g/mol. The van der Waals surface area contributed by atoms with Gasteiger partial charge in [-0.3, -0.25) is 0 Å². The first kappa shape index (κ1) is 13.3. The minimum Gasteiger partial charge on any atom is -0.406 e. The topological polar surface area (TPSA) is 21.3 Å². The first-order valence-electron chi connectivity index (χ1n) is 4.61. The van der Waals surface area contributed by atoms with Crippen LogP contribution in [0, 0.1) is 17.7 Å². The molecule has 92 valence electrons. The Bertz CT molecular complexity index is 445. The Morgan fingerprint density at radius 1 is 1.35 bits per heavy atom. The SMILES string of the molecule is CNCC#Cc1ccc(OC(F)(F)F)cc1F. The van der Waals surface area contributed by atoms with Gasteiger partial charge in [0.05, 0.1) is 12.1 Å². The molecule has 0 aromatic heterocycles. The van der Waals surface area contributed by atoms with Crippen LogP contribution >= 0.6 is 0 Å². The van der Waals surface area contributed by atoms with Crippen molar-refractivity contribution < 1.29 is 22.3 Å². The van der Waals surface area contributed by atoms with Gasteiger partial charge in [0.1, 0.15) is 11.6 Å². The Hall–Kier alpha value is -1.74. The molecule has 0 spiro atoms. The van der Waals surface area contributed by atoms with E-state index in [9.17, 15) is 17.6 Å². The molecule has 0 aliphatic heterocycles. The smallest absolute Gasteiger partial charge is 0.406 e. The number of benzene rings is 1. The number of halogens is 4. The van der Waals surface area contributed by atoms with Crippen molar-refractivity contribution >= 4 is 0 Å². The van der Waals surface area contributed by atoms with E-state index in [1.54, 1.807) is 7.05 Å². The lowest BCUT2D eigenvalue weighted by atomic mass is 10.2. The average Bonchev–Trinajstić information content (AvgIpc) is 2.19. The normalized spacial score (nSPS) is 10.6. The predicted octanol–water partition coefficient (Wildman–Crippen LogP) is 2.30. The molecule has 1 N–H and O–H groups in total. The Kier molecular flexibility index (Phi) is 4.35. The van der Waals surface area contributed by atoms with Gasteiger partial charge in [-0.15, -0.1) is 13.2 Å². The molecule has 0 heterocycles. The van der Waals surface area contributed by atoms with Gasteiger partial charge in [0, 0.05) is 6.07 Å². The van der Waals surface area contributed by atoms with E-state index >= 15 is 0 Å². The fourth-order valence-corrected chi connectivity index (χ4v) is 1.02. The highest BCUT2D eigenvalue weighted by molar-refractivity contribution is 5.39. The Morgan fingerprint density at radius 2 is 2.06 bits per heavy atom. The standard InChI is InChI=1S/C11H9F4NO/c1-16-6-2-3-8-4-5-9(7-10(8)12)17-11(13,14)15/h4-5,7,16H,6H2,1H3. The van der Waals surface area contributed by atoms with Gasteiger partial charge in [-0.1, -0.05) is 11.8 Å². The van der Waals surface area contributed by atoms with Gasteiger partial charge in [0.25, 0.3) is 0 Å². The molecule has 0 fully saturated rings. The summed E-state index contributed by atoms with van der Waals surface area (Å²) in [5.74, 6) is 3.62. The number of alkyl halides is 3. The van der Waals surface area contributed by atoms with Crippen LogP contribution in [0.25, 0.3) is 0 Å². The van der Waals surface area contributed by atoms with Gasteiger partial charge < -0.3 is 10.1 Å². The van der Waals surface area contributed by atoms with Crippen molar-refractivity contribution in [2.45, 2.75) is 6.36 Å². The third-order valence-electron chi connectivity index (χ3n) is 1.66. The van der Waals surface area contributed by atoms with Crippen LogP contribution in [0.5, 0.6) is 5.75 Å². The third-order valence-corrected chi connectivity index (χ3v) is 1.66. The molecular formula is C11H9F4NO. The lowest BCUT2D eigenvalue weighted by molar-refractivity contribution is -0.274. The summed E-state index contributed by atoms with van der Waals surface area (Å²) in [6.07, 6.45) is -4.83. The van der Waals surface area contributed by atoms with Crippen molar-refractivity contribution in [2.75, 3.05) is 13.6 Å². The molecular weight excluding hydrogens is 238 g/mol. The quantitative estimate of drug-likeness (QED) is 0.639. The zero-order valence-electron chi connectivity index (χ0n) is 8.86. The first-order valence-corrected chi connectivity index (χ1v) is 4.61. The van der Waals surface area contributed by atoms with E-state index in [0.29, 0.717) is 12.6 Å². The number of rotatable bonds is 2. The highest BCUT2D eigenvalue weighted by Crippen LogP contribution is 2.24. The number of hydrogen-bond donors (Lipinski definition) is 1. The maximum absolute atomic E-state index is 13.3. The average molecular weight is 247 g/mol. The predicted molar refractivity (Wildman–Crippen MR) is 53.9 cm³/mol. The van der Waals surface area contributed by atoms with Crippen LogP contribution in [-0.4, -0.2) is 20.0 Å². The van der Waals surface area contributed by atoms with Crippen LogP contribution in [0.4, 0.5) is 17.6 Å². The van der Waals surface area contributed by atoms with Crippen molar-refractivity contribution in [1.82, 2.24) is 5.32 Å². The maximum Gasteiger partial charge on any atom is 0.573 e. The highest BCUT2D eigenvalue weighted by atomic mass is 19.4. The third kappa shape index (κ3) is 4.74. The van der Waals surface area contributed by atoms with Crippen LogP contribution < -0.4 is 10.1 Å². The molecule has 0 atom stereocenters. The molecule has 0 bridgehead atoms. The van der Waals surface area contributed by atoms with Crippen LogP contribution in [0.15, 0.2) is 18.2 Å². The molecule has 17 heavy (non-hydrogen) atoms. The second kappa shape index (κ2) is 5.55. The molecule has 0 amide bonds. The highest BCUT2D eigenvalue weighted by Gasteiger charge is 2.31. The summed E-state index contributed by atoms with van der Waals surface area (Å²) in [4.78, 5) is 0. The molecule has 0 unspecified atom stereocenters. The summed E-state index contributed by atoms with van der Waals surface area (Å²) in [5.41, 5.74) is 0.0229. The van der Waals surface area contributed by atoms with E-state index in [0.717, 1.165) is 12.1 Å². The van der Waals surface area contributed by atoms with E-state index in [2.05, 4.69) is 21.9 Å². The van der Waals surface area contributed by atoms with Crippen LogP contribution in [0.3, 0.4) is 0 Å². The number of ether oxygens (including phenoxy) is 1. The fraction of sp³-hybridized carbons (Fsp3) is 0.273. The molecule has 0 saturated carbocycles. The molecule has 0 radical (unpaired) electrons. The number of nitrogens with one attached hydrogen (secondary N) is 1. The minimum atomic E-state index is -4.83. The van der Waals surface area contributed by atoms with E-state index in [4.69, 9.17) is 0 Å². The Balaban J connectivity index is 2.84. The lowest BCUT2D eigenvalue weighted by Crippen LogP contribution is -2.17. The van der Waals surface area contributed by atoms with E-state index in [-0.39, 0.29) is 5.56 Å². The number of hydrogen-bond acceptors (Lipinski definition) is 2. The van der Waals surface area contributed by atoms with Gasteiger partial charge in [0.2, 0.25) is 0 Å². The summed E-state index contributed by atoms with van der Waals surface area (Å²) < 4.78 is 52.4. The van der Waals surface area contributed by atoms with E-state index in [1.165, 1.54) is 0 Å². The van der Waals surface area contributed by atoms with Crippen LogP contribution in [-0.2, 0) is 0 Å². The van der Waals surface area contributed by atoms with Crippen molar-refractivity contribution in [3.63, 3.8) is 0 Å². The van der Waals surface area contributed by atoms with Crippen molar-refractivity contribution in [1.29, 1.82) is 0 Å². The summed E-state index contributed by atoms with van der Waals surface area (Å²) in [6, 6.07) is 2.80. The molecule has 0 saturated heterocycles. The van der Waals surface area contributed by atoms with Crippen molar-refractivity contribution in [3.8, 4) is 17.6 Å². The second-order valence-corrected chi connectivity index (χ2v) is 3.02. The van der Waals surface area contributed by atoms with Gasteiger partial charge in [-0.25, -0.2) is 4.39 Å². The summed E-state index contributed by atoms with van der Waals surface area (Å²) >= 11 is 0. The molecule has 6 heteroatoms. The zero-order chi connectivity index (χ0) is 12.9. The van der Waals surface area contributed by atoms with Gasteiger partial charge >= 0.3 is 6.36 Å². The Labute approximate surface area is 95.6 Å². The minimum absolute atomic E-state index is 0.0229. The van der Waals surface area contributed by atoms with Crippen LogP contribution in [0.1, 0.15) is 5.56 Å². The Morgan fingerprint density at radius 3 is 2.59 bits per heavy atom. The van der Waals surface area contributed by atoms with Crippen molar-refractivity contribution in [3.05, 3.63) is 29.6 Å². The van der Waals surface area contributed by atoms with Gasteiger partial charge in [-0.05, 0) is 19.2 Å². The maximum atomic E-state index is 13.3. The van der Waals surface area contributed by atoms with Gasteiger partial charge in [-0.2, -0.15) is 0 Å². The molecule has 2 nitrogen and oxygen atoms in total. The lowest BCUT2D eigenvalue weighted by Gasteiger charge is -2.08. The van der Waals surface area contributed by atoms with E-state index < -0.39 is 17.9 Å². The molecule has 1 aromatic rings. The van der Waals surface area contributed by atoms with Crippen molar-refractivity contribution in [2.24, 2.45) is 0 Å². The molecule has 0 aliphatic rings. The fourth-order valence-electron chi connectivity index (χ4n) is 1.02. The van der Waals surface area contributed by atoms with Gasteiger partial charge in [0.15, 0.2) is 0 Å². The summed E-state index contributed by atoms with van der Waals surface area (Å²) in [7, 11) is 1.67. The van der Waals surface area contributed by atoms with Crippen LogP contribution in [0.2, 0.25) is 0 Å². The zero-order valence-corrected chi connectivity index (χ0v) is 8.86. The largest absolute Gasteiger partial charge is 0.573 e. The molecule has 0 aliphatic carbocycles. The first-order chi connectivity index (χ1) is 7.92. The molecule has 1 rings (SSSR count). The molecule has 1 aromatic carbocycles. The summed E-state index contributed by atoms with van der Waals surface area (Å²) in [6.45, 7) is 0.361. The summed E-state index contributed by atoms with van der Waals surface area (Å²) in [5, 5.41) is 2.73. The van der Waals surface area contributed by atoms with E-state index in [1.807, 2.05) is 0 Å². The second-order valence-electron chi connectivity index (χ2n) is 3.02.